The first-order valence-electron chi connectivity index (χ1n) is 4.55. The van der Waals surface area contributed by atoms with E-state index >= 15 is 0 Å². The van der Waals surface area contributed by atoms with Crippen molar-refractivity contribution in [1.82, 2.24) is 0 Å². The molecule has 12 heavy (non-hydrogen) atoms. The fourth-order valence-electron chi connectivity index (χ4n) is 1.08. The fraction of sp³-hybridized carbons (Fsp3) is 0.889. The third kappa shape index (κ3) is 10.2. The molecule has 0 aliphatic heterocycles. The maximum Gasteiger partial charge on any atom is 0.303 e. The summed E-state index contributed by atoms with van der Waals surface area (Å²) in [6.45, 7) is 0. The average Bonchev–Trinajstić information content (AvgIpc) is 2.02. The fourth-order valence-corrected chi connectivity index (χ4v) is 1.62. The van der Waals surface area contributed by atoms with Crippen molar-refractivity contribution in [3.8, 4) is 0 Å². The highest BCUT2D eigenvalue weighted by Gasteiger charge is 1.95. The summed E-state index contributed by atoms with van der Waals surface area (Å²) in [5.41, 5.74) is 0. The van der Waals surface area contributed by atoms with Crippen molar-refractivity contribution in [2.45, 2.75) is 44.9 Å². The van der Waals surface area contributed by atoms with E-state index in [1.807, 2.05) is 0 Å². The van der Waals surface area contributed by atoms with E-state index in [9.17, 15) is 4.79 Å². The highest BCUT2D eigenvalue weighted by molar-refractivity contribution is 14.1. The Hall–Kier alpha value is 0.200. The zero-order valence-electron chi connectivity index (χ0n) is 7.39. The molecule has 0 saturated carbocycles. The molecule has 0 atom stereocenters. The van der Waals surface area contributed by atoms with Gasteiger partial charge in [-0.2, -0.15) is 0 Å². The topological polar surface area (TPSA) is 37.3 Å². The number of aliphatic carboxylic acids is 1. The van der Waals surface area contributed by atoms with Crippen LogP contribution in [0.3, 0.4) is 0 Å². The van der Waals surface area contributed by atoms with E-state index < -0.39 is 5.97 Å². The molecule has 0 spiro atoms. The Morgan fingerprint density at radius 1 is 1.00 bits per heavy atom. The Balaban J connectivity index is 2.86. The summed E-state index contributed by atoms with van der Waals surface area (Å²) in [5.74, 6) is -0.665. The van der Waals surface area contributed by atoms with E-state index in [1.54, 1.807) is 0 Å². The lowest BCUT2D eigenvalue weighted by Crippen LogP contribution is -1.93. The third-order valence-corrected chi connectivity index (χ3v) is 2.54. The molecule has 0 saturated heterocycles. The number of carboxylic acids is 1. The van der Waals surface area contributed by atoms with E-state index in [0.717, 1.165) is 12.8 Å². The van der Waals surface area contributed by atoms with Crippen molar-refractivity contribution in [2.24, 2.45) is 0 Å². The van der Waals surface area contributed by atoms with Gasteiger partial charge in [0, 0.05) is 6.42 Å². The maximum atomic E-state index is 10.1. The molecule has 72 valence electrons. The molecular formula is C9H17IO2. The first kappa shape index (κ1) is 12.2. The predicted octanol–water partition coefficient (Wildman–Crippen LogP) is 3.24. The van der Waals surface area contributed by atoms with Crippen molar-refractivity contribution >= 4 is 28.6 Å². The second-order valence-electron chi connectivity index (χ2n) is 2.95. The number of hydrogen-bond acceptors (Lipinski definition) is 1. The van der Waals surface area contributed by atoms with Crippen LogP contribution in [0.25, 0.3) is 0 Å². The monoisotopic (exact) mass is 284 g/mol. The van der Waals surface area contributed by atoms with Gasteiger partial charge in [-0.3, -0.25) is 4.79 Å². The molecule has 0 amide bonds. The lowest BCUT2D eigenvalue weighted by atomic mass is 10.1. The molecule has 2 nitrogen and oxygen atoms in total. The Labute approximate surface area is 87.9 Å². The van der Waals surface area contributed by atoms with Gasteiger partial charge in [0.15, 0.2) is 0 Å². The highest BCUT2D eigenvalue weighted by atomic mass is 127. The Morgan fingerprint density at radius 2 is 1.50 bits per heavy atom. The second kappa shape index (κ2) is 9.29. The molecule has 0 bridgehead atoms. The number of rotatable bonds is 8. The van der Waals surface area contributed by atoms with Gasteiger partial charge in [0.1, 0.15) is 0 Å². The summed E-state index contributed by atoms with van der Waals surface area (Å²) in [6.07, 6.45) is 7.33. The lowest BCUT2D eigenvalue weighted by molar-refractivity contribution is -0.137. The molecule has 0 aromatic heterocycles. The van der Waals surface area contributed by atoms with Crippen LogP contribution in [-0.4, -0.2) is 15.5 Å². The molecule has 0 aromatic rings. The number of hydrogen-bond donors (Lipinski definition) is 1. The zero-order chi connectivity index (χ0) is 9.23. The first-order valence-corrected chi connectivity index (χ1v) is 6.07. The van der Waals surface area contributed by atoms with Crippen molar-refractivity contribution < 1.29 is 9.90 Å². The van der Waals surface area contributed by atoms with Gasteiger partial charge in [0.25, 0.3) is 0 Å². The van der Waals surface area contributed by atoms with E-state index in [4.69, 9.17) is 5.11 Å². The number of alkyl halides is 1. The molecule has 0 aromatic carbocycles. The van der Waals surface area contributed by atoms with E-state index in [0.29, 0.717) is 6.42 Å². The van der Waals surface area contributed by atoms with E-state index in [2.05, 4.69) is 22.6 Å². The first-order chi connectivity index (χ1) is 5.77. The van der Waals surface area contributed by atoms with Gasteiger partial charge < -0.3 is 5.11 Å². The molecule has 0 unspecified atom stereocenters. The minimum absolute atomic E-state index is 0.340. The van der Waals surface area contributed by atoms with Gasteiger partial charge >= 0.3 is 5.97 Å². The number of unbranched alkanes of at least 4 members (excludes halogenated alkanes) is 5. The smallest absolute Gasteiger partial charge is 0.303 e. The average molecular weight is 284 g/mol. The predicted molar refractivity (Wildman–Crippen MR) is 58.8 cm³/mol. The van der Waals surface area contributed by atoms with Gasteiger partial charge in [0.05, 0.1) is 0 Å². The molecule has 0 fully saturated rings. The Kier molecular flexibility index (Phi) is 9.44. The van der Waals surface area contributed by atoms with Crippen LogP contribution < -0.4 is 0 Å². The van der Waals surface area contributed by atoms with Gasteiger partial charge in [-0.05, 0) is 17.3 Å². The SMILES string of the molecule is O=C(O)CCCCCCCCI. The molecule has 0 radical (unpaired) electrons. The van der Waals surface area contributed by atoms with Crippen LogP contribution in [-0.2, 0) is 4.79 Å². The molecular weight excluding hydrogens is 267 g/mol. The highest BCUT2D eigenvalue weighted by Crippen LogP contribution is 2.07. The van der Waals surface area contributed by atoms with E-state index in [-0.39, 0.29) is 0 Å². The van der Waals surface area contributed by atoms with Crippen molar-refractivity contribution in [3.05, 3.63) is 0 Å². The lowest BCUT2D eigenvalue weighted by Gasteiger charge is -1.98. The summed E-state index contributed by atoms with van der Waals surface area (Å²) >= 11 is 2.39. The van der Waals surface area contributed by atoms with Crippen LogP contribution in [0.1, 0.15) is 44.9 Å². The van der Waals surface area contributed by atoms with Crippen molar-refractivity contribution in [1.29, 1.82) is 0 Å². The normalized spacial score (nSPS) is 10.1. The summed E-state index contributed by atoms with van der Waals surface area (Å²) < 4.78 is 1.24. The van der Waals surface area contributed by atoms with Crippen molar-refractivity contribution in [3.63, 3.8) is 0 Å². The van der Waals surface area contributed by atoms with Crippen LogP contribution in [0.5, 0.6) is 0 Å². The molecule has 0 rings (SSSR count). The molecule has 0 aliphatic rings. The Morgan fingerprint density at radius 3 is 2.00 bits per heavy atom. The van der Waals surface area contributed by atoms with Crippen LogP contribution in [0, 0.1) is 0 Å². The molecule has 1 N–H and O–H groups in total. The molecule has 3 heteroatoms. The van der Waals surface area contributed by atoms with Crippen LogP contribution in [0.15, 0.2) is 0 Å². The summed E-state index contributed by atoms with van der Waals surface area (Å²) in [4.78, 5) is 10.1. The van der Waals surface area contributed by atoms with Crippen LogP contribution in [0.4, 0.5) is 0 Å². The maximum absolute atomic E-state index is 10.1. The van der Waals surface area contributed by atoms with Gasteiger partial charge in [-0.1, -0.05) is 48.3 Å². The standard InChI is InChI=1S/C9H17IO2/c10-8-6-4-2-1-3-5-7-9(11)12/h1-8H2,(H,11,12). The molecule has 0 heterocycles. The molecule has 0 aliphatic carbocycles. The van der Waals surface area contributed by atoms with Crippen molar-refractivity contribution in [2.75, 3.05) is 4.43 Å². The summed E-state index contributed by atoms with van der Waals surface area (Å²) in [7, 11) is 0. The van der Waals surface area contributed by atoms with E-state index in [1.165, 1.54) is 30.1 Å². The van der Waals surface area contributed by atoms with Gasteiger partial charge in [-0.25, -0.2) is 0 Å². The summed E-state index contributed by atoms with van der Waals surface area (Å²) in [6, 6.07) is 0. The second-order valence-corrected chi connectivity index (χ2v) is 4.03. The van der Waals surface area contributed by atoms with Crippen LogP contribution in [0.2, 0.25) is 0 Å². The van der Waals surface area contributed by atoms with Gasteiger partial charge in [-0.15, -0.1) is 0 Å². The summed E-state index contributed by atoms with van der Waals surface area (Å²) in [5, 5.41) is 8.35. The third-order valence-electron chi connectivity index (χ3n) is 1.77. The largest absolute Gasteiger partial charge is 0.481 e. The quantitative estimate of drug-likeness (QED) is 0.422. The number of carboxylic acid groups (broad SMARTS) is 1. The Bertz CT molecular complexity index is 115. The van der Waals surface area contributed by atoms with Gasteiger partial charge in [0.2, 0.25) is 0 Å². The van der Waals surface area contributed by atoms with Crippen LogP contribution >= 0.6 is 22.6 Å². The zero-order valence-corrected chi connectivity index (χ0v) is 9.55. The minimum atomic E-state index is -0.665. The minimum Gasteiger partial charge on any atom is -0.481 e. The number of halogens is 1. The number of carbonyl (C=O) groups is 1.